The minimum Gasteiger partial charge on any atom is -0.443 e. The number of carbonyl (C=O) groups is 1. The smallest absolute Gasteiger partial charge is 0.417 e. The molecule has 0 bridgehead atoms. The first kappa shape index (κ1) is 30.5. The highest BCUT2D eigenvalue weighted by atomic mass is 32.1. The number of ether oxygens (including phenoxy) is 1. The van der Waals surface area contributed by atoms with Crippen LogP contribution < -0.4 is 14.7 Å². The first-order valence-electron chi connectivity index (χ1n) is 13.0. The minimum atomic E-state index is -4.74. The Bertz CT molecular complexity index is 1590. The molecule has 0 saturated carbocycles. The molecule has 3 aromatic carbocycles. The second-order valence-electron chi connectivity index (χ2n) is 11.3. The van der Waals surface area contributed by atoms with Gasteiger partial charge in [0.15, 0.2) is 5.11 Å². The molecule has 4 rings (SSSR count). The maximum atomic E-state index is 13.6. The zero-order valence-electron chi connectivity index (χ0n) is 24.0. The van der Waals surface area contributed by atoms with Crippen LogP contribution in [0.1, 0.15) is 45.7 Å². The van der Waals surface area contributed by atoms with Gasteiger partial charge in [-0.25, -0.2) is 4.79 Å². The van der Waals surface area contributed by atoms with Crippen molar-refractivity contribution in [3.63, 3.8) is 0 Å². The van der Waals surface area contributed by atoms with E-state index in [1.807, 2.05) is 48.5 Å². The molecule has 0 spiro atoms. The summed E-state index contributed by atoms with van der Waals surface area (Å²) >= 11 is 5.69. The summed E-state index contributed by atoms with van der Waals surface area (Å²) in [7, 11) is 1.64. The second-order valence-corrected chi connectivity index (χ2v) is 11.7. The maximum Gasteiger partial charge on any atom is 0.417 e. The average molecular weight is 594 g/mol. The molecule has 3 aromatic rings. The van der Waals surface area contributed by atoms with Crippen molar-refractivity contribution in [1.29, 1.82) is 10.7 Å². The summed E-state index contributed by atoms with van der Waals surface area (Å²) < 4.78 is 46.3. The van der Waals surface area contributed by atoms with Gasteiger partial charge in [0.1, 0.15) is 11.4 Å². The van der Waals surface area contributed by atoms with Gasteiger partial charge < -0.3 is 9.64 Å². The normalized spacial score (nSPS) is 15.0. The third kappa shape index (κ3) is 5.81. The Morgan fingerprint density at radius 1 is 0.976 bits per heavy atom. The molecule has 0 aromatic heterocycles. The van der Waals surface area contributed by atoms with E-state index in [4.69, 9.17) is 27.6 Å². The molecule has 0 aliphatic carbocycles. The third-order valence-corrected chi connectivity index (χ3v) is 7.18. The average Bonchev–Trinajstić information content (AvgIpc) is 3.09. The van der Waals surface area contributed by atoms with Gasteiger partial charge in [-0.1, -0.05) is 24.3 Å². The van der Waals surface area contributed by atoms with E-state index in [-0.39, 0.29) is 16.6 Å². The highest BCUT2D eigenvalue weighted by molar-refractivity contribution is 7.81. The monoisotopic (exact) mass is 593 g/mol. The molecule has 1 N–H and O–H groups in total. The van der Waals surface area contributed by atoms with Gasteiger partial charge in [0.2, 0.25) is 0 Å². The molecule has 1 aliphatic heterocycles. The van der Waals surface area contributed by atoms with Crippen molar-refractivity contribution < 1.29 is 22.7 Å². The quantitative estimate of drug-likeness (QED) is 0.309. The summed E-state index contributed by atoms with van der Waals surface area (Å²) in [4.78, 5) is 16.8. The number of carbonyl (C=O) groups excluding carboxylic acids is 1. The number of benzene rings is 3. The maximum absolute atomic E-state index is 13.6. The number of nitrogens with one attached hydrogen (secondary N) is 1. The number of amides is 1. The van der Waals surface area contributed by atoms with E-state index in [2.05, 4.69) is 0 Å². The van der Waals surface area contributed by atoms with Gasteiger partial charge in [-0.05, 0) is 100 Å². The van der Waals surface area contributed by atoms with Crippen LogP contribution in [0.5, 0.6) is 0 Å². The zero-order chi connectivity index (χ0) is 31.2. The van der Waals surface area contributed by atoms with Gasteiger partial charge in [-0.2, -0.15) is 18.4 Å². The van der Waals surface area contributed by atoms with Crippen LogP contribution in [-0.4, -0.2) is 35.2 Å². The van der Waals surface area contributed by atoms with E-state index in [1.54, 1.807) is 52.6 Å². The molecule has 0 unspecified atom stereocenters. The van der Waals surface area contributed by atoms with Crippen LogP contribution in [-0.2, 0) is 10.9 Å². The number of nitrogens with zero attached hydrogens (tertiary/aromatic N) is 4. The summed E-state index contributed by atoms with van der Waals surface area (Å²) in [6, 6.07) is 19.7. The summed E-state index contributed by atoms with van der Waals surface area (Å²) in [5.41, 5.74) is 0.0124. The topological polar surface area (TPSA) is 83.7 Å². The number of halogens is 3. The number of thiocarbonyl (C=S) groups is 1. The minimum absolute atomic E-state index is 0.000829. The molecule has 0 atom stereocenters. The zero-order valence-corrected chi connectivity index (χ0v) is 24.8. The number of alkyl halides is 3. The highest BCUT2D eigenvalue weighted by Crippen LogP contribution is 2.40. The van der Waals surface area contributed by atoms with E-state index in [0.29, 0.717) is 11.4 Å². The van der Waals surface area contributed by atoms with E-state index in [9.17, 15) is 18.0 Å². The Morgan fingerprint density at radius 2 is 1.50 bits per heavy atom. The van der Waals surface area contributed by atoms with Gasteiger partial charge in [0.25, 0.3) is 0 Å². The van der Waals surface area contributed by atoms with Crippen molar-refractivity contribution in [2.75, 3.05) is 21.7 Å². The van der Waals surface area contributed by atoms with Crippen LogP contribution in [0.3, 0.4) is 0 Å². The fraction of sp³-hybridized carbons (Fsp3) is 0.290. The van der Waals surface area contributed by atoms with Crippen molar-refractivity contribution in [3.05, 3.63) is 77.9 Å². The number of hydrogen-bond acceptors (Lipinski definition) is 5. The van der Waals surface area contributed by atoms with Crippen molar-refractivity contribution in [2.45, 2.75) is 51.9 Å². The summed E-state index contributed by atoms with van der Waals surface area (Å²) in [5, 5.41) is 18.1. The molecule has 7 nitrogen and oxygen atoms in total. The summed E-state index contributed by atoms with van der Waals surface area (Å²) in [5.74, 6) is -0.000829. The molecule has 1 saturated heterocycles. The predicted molar refractivity (Wildman–Crippen MR) is 162 cm³/mol. The Hall–Kier alpha value is -4.43. The van der Waals surface area contributed by atoms with Gasteiger partial charge in [-0.15, -0.1) is 0 Å². The van der Waals surface area contributed by atoms with E-state index in [1.165, 1.54) is 15.9 Å². The standard InChI is InChI=1S/C31H30F3N5O2S/c1-29(2,3)41-28(40)37(6)22-12-7-19(8-13-22)20-9-14-23(15-10-20)39-27(42)38(26(36)30(39,4)5)24-16-11-21(18-35)25(17-24)31(32,33)34/h7-17,36H,1-6H3. The van der Waals surface area contributed by atoms with Crippen LogP contribution in [0.15, 0.2) is 66.7 Å². The Balaban J connectivity index is 1.59. The number of amidine groups is 1. The van der Waals surface area contributed by atoms with Crippen molar-refractivity contribution in [1.82, 2.24) is 0 Å². The number of rotatable bonds is 4. The first-order valence-corrected chi connectivity index (χ1v) is 13.4. The lowest BCUT2D eigenvalue weighted by Crippen LogP contribution is -2.44. The molecule has 1 amide bonds. The lowest BCUT2D eigenvalue weighted by molar-refractivity contribution is -0.137. The predicted octanol–water partition coefficient (Wildman–Crippen LogP) is 7.98. The largest absolute Gasteiger partial charge is 0.443 e. The molecular formula is C31H30F3N5O2S. The molecule has 42 heavy (non-hydrogen) atoms. The van der Waals surface area contributed by atoms with Crippen molar-refractivity contribution in [2.24, 2.45) is 0 Å². The molecule has 1 heterocycles. The Kier molecular flexibility index (Phi) is 7.82. The van der Waals surface area contributed by atoms with Crippen LogP contribution in [0.25, 0.3) is 11.1 Å². The molecule has 11 heteroatoms. The van der Waals surface area contributed by atoms with Crippen molar-refractivity contribution in [3.8, 4) is 17.2 Å². The molecule has 218 valence electrons. The first-order chi connectivity index (χ1) is 19.5. The lowest BCUT2D eigenvalue weighted by atomic mass is 10.0. The summed E-state index contributed by atoms with van der Waals surface area (Å²) in [6.07, 6.45) is -5.20. The van der Waals surface area contributed by atoms with Crippen molar-refractivity contribution >= 4 is 46.3 Å². The second kappa shape index (κ2) is 10.8. The fourth-order valence-corrected chi connectivity index (χ4v) is 5.14. The number of hydrogen-bond donors (Lipinski definition) is 1. The van der Waals surface area contributed by atoms with E-state index < -0.39 is 34.5 Å². The Labute approximate surface area is 248 Å². The molecule has 0 radical (unpaired) electrons. The Morgan fingerprint density at radius 3 is 2.00 bits per heavy atom. The van der Waals surface area contributed by atoms with Gasteiger partial charge in [0.05, 0.1) is 28.4 Å². The number of nitriles is 1. The summed E-state index contributed by atoms with van der Waals surface area (Å²) in [6.45, 7) is 8.95. The van der Waals surface area contributed by atoms with Gasteiger partial charge in [-0.3, -0.25) is 15.2 Å². The van der Waals surface area contributed by atoms with E-state index >= 15 is 0 Å². The SMILES string of the molecule is CN(C(=O)OC(C)(C)C)c1ccc(-c2ccc(N3C(=S)N(c4ccc(C#N)c(C(F)(F)F)c4)C(=N)C3(C)C)cc2)cc1. The molecule has 1 fully saturated rings. The molecule has 1 aliphatic rings. The molecular weight excluding hydrogens is 563 g/mol. The van der Waals surface area contributed by atoms with Gasteiger partial charge in [0, 0.05) is 18.4 Å². The highest BCUT2D eigenvalue weighted by Gasteiger charge is 2.48. The fourth-order valence-electron chi connectivity index (χ4n) is 4.61. The van der Waals surface area contributed by atoms with Crippen LogP contribution in [0.2, 0.25) is 0 Å². The number of anilines is 3. The van der Waals surface area contributed by atoms with Crippen LogP contribution in [0.4, 0.5) is 35.0 Å². The lowest BCUT2D eigenvalue weighted by Gasteiger charge is -2.30. The third-order valence-electron chi connectivity index (χ3n) is 6.81. The van der Waals surface area contributed by atoms with Crippen LogP contribution >= 0.6 is 12.2 Å². The van der Waals surface area contributed by atoms with Gasteiger partial charge >= 0.3 is 12.3 Å². The van der Waals surface area contributed by atoms with E-state index in [0.717, 1.165) is 23.3 Å². The van der Waals surface area contributed by atoms with Crippen LogP contribution in [0, 0.1) is 16.7 Å².